The standard InChI is InChI=1S/C44H31N3/c1-2-42-46-40-19-9-10-20-41(40)47(42)33-24-23-29-26-31(22-21-30(29)27-33)43-36-15-5-7-17-38(36)44(39-18-8-6-16-37(39)43)35-14-4-3-13-34(35)32-12-11-25-45-28-32/h3-28H,2H2,1H3/i1D3,2D2. The van der Waals surface area contributed by atoms with Gasteiger partial charge in [-0.05, 0) is 96.5 Å². The van der Waals surface area contributed by atoms with Crippen molar-refractivity contribution in [2.24, 2.45) is 0 Å². The predicted octanol–water partition coefficient (Wildman–Crippen LogP) is 11.4. The van der Waals surface area contributed by atoms with Gasteiger partial charge in [0.25, 0.3) is 0 Å². The molecule has 222 valence electrons. The first kappa shape index (κ1) is 22.4. The van der Waals surface area contributed by atoms with Crippen molar-refractivity contribution < 1.29 is 6.85 Å². The van der Waals surface area contributed by atoms with Gasteiger partial charge in [-0.25, -0.2) is 4.98 Å². The summed E-state index contributed by atoms with van der Waals surface area (Å²) in [5.41, 5.74) is 8.56. The van der Waals surface area contributed by atoms with Crippen molar-refractivity contribution in [3.05, 3.63) is 164 Å². The number of aryl methyl sites for hydroxylation is 1. The Morgan fingerprint density at radius 1 is 0.596 bits per heavy atom. The van der Waals surface area contributed by atoms with Gasteiger partial charge in [-0.1, -0.05) is 116 Å². The highest BCUT2D eigenvalue weighted by Crippen LogP contribution is 2.46. The SMILES string of the molecule is [2H]C([2H])([2H])C([2H])([2H])c1nc2ccccc2n1-c1ccc2cc(-c3c4ccccc4c(-c4ccccc4-c4cccnc4)c4ccccc34)ccc2c1. The summed E-state index contributed by atoms with van der Waals surface area (Å²) in [5, 5.41) is 6.56. The topological polar surface area (TPSA) is 30.7 Å². The molecule has 0 atom stereocenters. The lowest BCUT2D eigenvalue weighted by Gasteiger charge is -2.20. The normalized spacial score (nSPS) is 13.7. The molecule has 7 aromatic carbocycles. The van der Waals surface area contributed by atoms with Gasteiger partial charge in [-0.3, -0.25) is 9.55 Å². The molecule has 3 nitrogen and oxygen atoms in total. The maximum atomic E-state index is 8.60. The Morgan fingerprint density at radius 2 is 1.26 bits per heavy atom. The Hall–Kier alpha value is -6.06. The second-order valence-electron chi connectivity index (χ2n) is 11.8. The molecule has 0 bridgehead atoms. The van der Waals surface area contributed by atoms with E-state index in [9.17, 15) is 0 Å². The molecular weight excluding hydrogens is 571 g/mol. The van der Waals surface area contributed by atoms with Gasteiger partial charge >= 0.3 is 0 Å². The molecule has 0 aliphatic heterocycles. The van der Waals surface area contributed by atoms with E-state index in [1.807, 2.05) is 48.7 Å². The number of hydrogen-bond acceptors (Lipinski definition) is 2. The molecule has 0 aliphatic rings. The van der Waals surface area contributed by atoms with Crippen molar-refractivity contribution in [1.82, 2.24) is 14.5 Å². The van der Waals surface area contributed by atoms with Gasteiger partial charge in [0, 0.05) is 36.9 Å². The van der Waals surface area contributed by atoms with Gasteiger partial charge in [-0.15, -0.1) is 0 Å². The van der Waals surface area contributed by atoms with E-state index in [1.54, 1.807) is 16.8 Å². The number of rotatable bonds is 5. The van der Waals surface area contributed by atoms with Crippen LogP contribution in [0.5, 0.6) is 0 Å². The quantitative estimate of drug-likeness (QED) is 0.183. The van der Waals surface area contributed by atoms with E-state index in [0.717, 1.165) is 60.1 Å². The summed E-state index contributed by atoms with van der Waals surface area (Å²) >= 11 is 0. The molecule has 0 amide bonds. The fraction of sp³-hybridized carbons (Fsp3) is 0.0455. The Kier molecular flexibility index (Phi) is 5.29. The van der Waals surface area contributed by atoms with E-state index in [-0.39, 0.29) is 5.82 Å². The zero-order valence-electron chi connectivity index (χ0n) is 30.4. The Balaban J connectivity index is 1.24. The highest BCUT2D eigenvalue weighted by Gasteiger charge is 2.19. The molecule has 0 spiro atoms. The Bertz CT molecular complexity index is 2760. The highest BCUT2D eigenvalue weighted by molar-refractivity contribution is 6.22. The third kappa shape index (κ3) is 4.43. The summed E-state index contributed by atoms with van der Waals surface area (Å²) in [6.45, 7) is -2.90. The number of pyridine rings is 1. The molecule has 9 rings (SSSR count). The molecule has 0 unspecified atom stereocenters. The lowest BCUT2D eigenvalue weighted by Crippen LogP contribution is -2.00. The minimum atomic E-state index is -2.90. The summed E-state index contributed by atoms with van der Waals surface area (Å²) in [6.07, 6.45) is 1.04. The van der Waals surface area contributed by atoms with Crippen LogP contribution in [0.2, 0.25) is 0 Å². The maximum Gasteiger partial charge on any atom is 0.114 e. The molecule has 0 saturated heterocycles. The van der Waals surface area contributed by atoms with Crippen molar-refractivity contribution in [3.8, 4) is 39.1 Å². The fourth-order valence-electron chi connectivity index (χ4n) is 7.10. The molecule has 47 heavy (non-hydrogen) atoms. The summed E-state index contributed by atoms with van der Waals surface area (Å²) in [4.78, 5) is 8.91. The van der Waals surface area contributed by atoms with Crippen LogP contribution in [0.4, 0.5) is 0 Å². The van der Waals surface area contributed by atoms with Crippen LogP contribution in [0, 0.1) is 0 Å². The summed E-state index contributed by atoms with van der Waals surface area (Å²) in [5.74, 6) is -0.146. The van der Waals surface area contributed by atoms with Gasteiger partial charge in [0.05, 0.1) is 11.0 Å². The number of para-hydroxylation sites is 2. The molecule has 9 aromatic rings. The van der Waals surface area contributed by atoms with E-state index in [2.05, 4.69) is 107 Å². The van der Waals surface area contributed by atoms with E-state index in [4.69, 9.17) is 6.85 Å². The average molecular weight is 607 g/mol. The lowest BCUT2D eigenvalue weighted by molar-refractivity contribution is 0.909. The molecular formula is C44H31N3. The van der Waals surface area contributed by atoms with Crippen LogP contribution in [0.1, 0.15) is 19.5 Å². The summed E-state index contributed by atoms with van der Waals surface area (Å²) < 4.78 is 42.8. The van der Waals surface area contributed by atoms with E-state index < -0.39 is 13.2 Å². The predicted molar refractivity (Wildman–Crippen MR) is 197 cm³/mol. The molecule has 0 radical (unpaired) electrons. The van der Waals surface area contributed by atoms with Crippen LogP contribution in [-0.2, 0) is 6.37 Å². The van der Waals surface area contributed by atoms with Crippen LogP contribution in [0.15, 0.2) is 158 Å². The maximum absolute atomic E-state index is 8.60. The smallest absolute Gasteiger partial charge is 0.114 e. The highest BCUT2D eigenvalue weighted by atomic mass is 15.1. The van der Waals surface area contributed by atoms with E-state index >= 15 is 0 Å². The minimum absolute atomic E-state index is 0.146. The van der Waals surface area contributed by atoms with E-state index in [1.165, 1.54) is 5.56 Å². The van der Waals surface area contributed by atoms with Crippen molar-refractivity contribution in [1.29, 1.82) is 0 Å². The molecule has 0 N–H and O–H groups in total. The van der Waals surface area contributed by atoms with Crippen LogP contribution in [0.3, 0.4) is 0 Å². The third-order valence-electron chi connectivity index (χ3n) is 9.14. The molecule has 0 saturated carbocycles. The monoisotopic (exact) mass is 606 g/mol. The van der Waals surface area contributed by atoms with Crippen LogP contribution in [0.25, 0.3) is 82.4 Å². The first-order valence-electron chi connectivity index (χ1n) is 18.2. The number of fused-ring (bicyclic) bond motifs is 4. The van der Waals surface area contributed by atoms with Crippen molar-refractivity contribution in [2.75, 3.05) is 0 Å². The van der Waals surface area contributed by atoms with Gasteiger partial charge in [0.1, 0.15) is 5.82 Å². The Labute approximate surface area is 280 Å². The largest absolute Gasteiger partial charge is 0.296 e. The van der Waals surface area contributed by atoms with Crippen LogP contribution in [-0.4, -0.2) is 14.5 Å². The van der Waals surface area contributed by atoms with Crippen LogP contribution < -0.4 is 0 Å². The second-order valence-corrected chi connectivity index (χ2v) is 11.8. The molecule has 2 aromatic heterocycles. The number of nitrogens with zero attached hydrogens (tertiary/aromatic N) is 3. The number of benzene rings is 7. The van der Waals surface area contributed by atoms with Crippen molar-refractivity contribution in [2.45, 2.75) is 13.2 Å². The van der Waals surface area contributed by atoms with Gasteiger partial charge in [0.15, 0.2) is 0 Å². The molecule has 2 heterocycles. The summed E-state index contributed by atoms with van der Waals surface area (Å²) in [6, 6.07) is 49.4. The summed E-state index contributed by atoms with van der Waals surface area (Å²) in [7, 11) is 0. The van der Waals surface area contributed by atoms with Gasteiger partial charge in [0.2, 0.25) is 0 Å². The average Bonchev–Trinajstić information content (AvgIpc) is 3.57. The zero-order chi connectivity index (χ0) is 35.6. The molecule has 0 fully saturated rings. The second kappa shape index (κ2) is 11.1. The number of imidazole rings is 1. The lowest BCUT2D eigenvalue weighted by atomic mass is 9.84. The number of hydrogen-bond donors (Lipinski definition) is 0. The van der Waals surface area contributed by atoms with Gasteiger partial charge < -0.3 is 0 Å². The fourth-order valence-corrected chi connectivity index (χ4v) is 7.10. The minimum Gasteiger partial charge on any atom is -0.296 e. The molecule has 0 aliphatic carbocycles. The van der Waals surface area contributed by atoms with Crippen molar-refractivity contribution in [3.63, 3.8) is 0 Å². The van der Waals surface area contributed by atoms with Crippen LogP contribution >= 0.6 is 0 Å². The molecule has 3 heteroatoms. The Morgan fingerprint density at radius 3 is 2.00 bits per heavy atom. The van der Waals surface area contributed by atoms with Crippen molar-refractivity contribution >= 4 is 43.4 Å². The van der Waals surface area contributed by atoms with E-state index in [0.29, 0.717) is 16.7 Å². The number of aromatic nitrogens is 3. The van der Waals surface area contributed by atoms with Gasteiger partial charge in [-0.2, -0.15) is 0 Å². The first-order valence-corrected chi connectivity index (χ1v) is 15.7. The third-order valence-corrected chi connectivity index (χ3v) is 9.14. The zero-order valence-corrected chi connectivity index (χ0v) is 25.4. The first-order chi connectivity index (χ1) is 25.2.